The minimum absolute atomic E-state index is 0.315. The maximum atomic E-state index is 8.89. The van der Waals surface area contributed by atoms with E-state index in [9.17, 15) is 0 Å². The summed E-state index contributed by atoms with van der Waals surface area (Å²) in [5.41, 5.74) is 5.99. The smallest absolute Gasteiger partial charge is 0.0434 e. The SMILES string of the molecule is NC1CC(CCO)CN(C2CC2)C1. The van der Waals surface area contributed by atoms with Gasteiger partial charge in [0, 0.05) is 31.8 Å². The largest absolute Gasteiger partial charge is 0.396 e. The zero-order chi connectivity index (χ0) is 9.26. The highest BCUT2D eigenvalue weighted by atomic mass is 16.3. The molecule has 3 N–H and O–H groups in total. The summed E-state index contributed by atoms with van der Waals surface area (Å²) in [7, 11) is 0. The van der Waals surface area contributed by atoms with E-state index in [0.29, 0.717) is 18.6 Å². The molecule has 1 aliphatic carbocycles. The molecule has 0 aromatic carbocycles. The topological polar surface area (TPSA) is 49.5 Å². The molecule has 3 nitrogen and oxygen atoms in total. The Bertz CT molecular complexity index is 170. The van der Waals surface area contributed by atoms with Crippen LogP contribution < -0.4 is 5.73 Å². The first-order valence-corrected chi connectivity index (χ1v) is 5.40. The van der Waals surface area contributed by atoms with Gasteiger partial charge in [0.2, 0.25) is 0 Å². The van der Waals surface area contributed by atoms with Gasteiger partial charge in [-0.05, 0) is 31.6 Å². The van der Waals surface area contributed by atoms with Crippen molar-refractivity contribution >= 4 is 0 Å². The van der Waals surface area contributed by atoms with Crippen molar-refractivity contribution in [1.82, 2.24) is 4.90 Å². The summed E-state index contributed by atoms with van der Waals surface area (Å²) in [6.45, 7) is 2.56. The Morgan fingerprint density at radius 1 is 1.31 bits per heavy atom. The van der Waals surface area contributed by atoms with Gasteiger partial charge in [0.1, 0.15) is 0 Å². The zero-order valence-electron chi connectivity index (χ0n) is 8.15. The van der Waals surface area contributed by atoms with Gasteiger partial charge >= 0.3 is 0 Å². The van der Waals surface area contributed by atoms with Crippen molar-refractivity contribution in [2.24, 2.45) is 11.7 Å². The number of aliphatic hydroxyl groups is 1. The Hall–Kier alpha value is -0.120. The van der Waals surface area contributed by atoms with E-state index in [1.165, 1.54) is 19.4 Å². The van der Waals surface area contributed by atoms with E-state index in [-0.39, 0.29) is 0 Å². The summed E-state index contributed by atoms with van der Waals surface area (Å²) in [4.78, 5) is 2.52. The van der Waals surface area contributed by atoms with Crippen LogP contribution in [0.4, 0.5) is 0 Å². The molecular formula is C10H20N2O. The average Bonchev–Trinajstić information content (AvgIpc) is 2.85. The lowest BCUT2D eigenvalue weighted by atomic mass is 9.92. The Balaban J connectivity index is 1.84. The van der Waals surface area contributed by atoms with E-state index in [4.69, 9.17) is 10.8 Å². The highest BCUT2D eigenvalue weighted by molar-refractivity contribution is 4.91. The van der Waals surface area contributed by atoms with Gasteiger partial charge in [-0.2, -0.15) is 0 Å². The third kappa shape index (κ3) is 2.42. The fraction of sp³-hybridized carbons (Fsp3) is 1.00. The molecule has 0 amide bonds. The molecule has 76 valence electrons. The van der Waals surface area contributed by atoms with Crippen molar-refractivity contribution < 1.29 is 5.11 Å². The van der Waals surface area contributed by atoms with Gasteiger partial charge < -0.3 is 10.8 Å². The molecule has 2 aliphatic rings. The second-order valence-electron chi connectivity index (χ2n) is 4.56. The van der Waals surface area contributed by atoms with Gasteiger partial charge in [0.15, 0.2) is 0 Å². The standard InChI is InChI=1S/C10H20N2O/c11-9-5-8(3-4-13)6-12(7-9)10-1-2-10/h8-10,13H,1-7,11H2. The van der Waals surface area contributed by atoms with E-state index in [2.05, 4.69) is 4.90 Å². The summed E-state index contributed by atoms with van der Waals surface area (Å²) in [5, 5.41) is 8.89. The minimum Gasteiger partial charge on any atom is -0.396 e. The summed E-state index contributed by atoms with van der Waals surface area (Å²) in [5.74, 6) is 0.634. The fourth-order valence-corrected chi connectivity index (χ4v) is 2.41. The van der Waals surface area contributed by atoms with Crippen LogP contribution in [-0.2, 0) is 0 Å². The molecule has 3 heteroatoms. The van der Waals surface area contributed by atoms with Crippen LogP contribution in [0.5, 0.6) is 0 Å². The van der Waals surface area contributed by atoms with Gasteiger partial charge in [-0.1, -0.05) is 0 Å². The summed E-state index contributed by atoms with van der Waals surface area (Å²) >= 11 is 0. The zero-order valence-corrected chi connectivity index (χ0v) is 8.15. The molecular weight excluding hydrogens is 164 g/mol. The predicted molar refractivity (Wildman–Crippen MR) is 52.4 cm³/mol. The minimum atomic E-state index is 0.315. The summed E-state index contributed by atoms with van der Waals surface area (Å²) < 4.78 is 0. The quantitative estimate of drug-likeness (QED) is 0.658. The molecule has 13 heavy (non-hydrogen) atoms. The monoisotopic (exact) mass is 184 g/mol. The molecule has 2 rings (SSSR count). The van der Waals surface area contributed by atoms with E-state index < -0.39 is 0 Å². The maximum absolute atomic E-state index is 8.89. The van der Waals surface area contributed by atoms with Crippen LogP contribution in [-0.4, -0.2) is 41.8 Å². The molecule has 0 aromatic heterocycles. The molecule has 0 aromatic rings. The molecule has 0 radical (unpaired) electrons. The molecule has 2 fully saturated rings. The highest BCUT2D eigenvalue weighted by Gasteiger charge is 2.34. The number of piperidine rings is 1. The molecule has 0 spiro atoms. The van der Waals surface area contributed by atoms with Crippen molar-refractivity contribution in [1.29, 1.82) is 0 Å². The first kappa shape index (κ1) is 9.44. The van der Waals surface area contributed by atoms with Crippen LogP contribution in [0.2, 0.25) is 0 Å². The van der Waals surface area contributed by atoms with Crippen molar-refractivity contribution in [2.45, 2.75) is 37.8 Å². The number of likely N-dealkylation sites (tertiary alicyclic amines) is 1. The third-order valence-corrected chi connectivity index (χ3v) is 3.20. The van der Waals surface area contributed by atoms with Gasteiger partial charge in [-0.25, -0.2) is 0 Å². The van der Waals surface area contributed by atoms with E-state index >= 15 is 0 Å². The number of hydrogen-bond acceptors (Lipinski definition) is 3. The van der Waals surface area contributed by atoms with Crippen LogP contribution in [0.1, 0.15) is 25.7 Å². The van der Waals surface area contributed by atoms with Crippen molar-refractivity contribution in [3.8, 4) is 0 Å². The lowest BCUT2D eigenvalue weighted by molar-refractivity contribution is 0.127. The van der Waals surface area contributed by atoms with Crippen molar-refractivity contribution in [2.75, 3.05) is 19.7 Å². The summed E-state index contributed by atoms with van der Waals surface area (Å²) in [6.07, 6.45) is 4.75. The van der Waals surface area contributed by atoms with Crippen LogP contribution in [0.15, 0.2) is 0 Å². The first-order chi connectivity index (χ1) is 6.29. The Morgan fingerprint density at radius 3 is 2.69 bits per heavy atom. The van der Waals surface area contributed by atoms with Gasteiger partial charge in [0.05, 0.1) is 0 Å². The van der Waals surface area contributed by atoms with Crippen molar-refractivity contribution in [3.63, 3.8) is 0 Å². The lowest BCUT2D eigenvalue weighted by Crippen LogP contribution is -2.48. The van der Waals surface area contributed by atoms with Crippen LogP contribution >= 0.6 is 0 Å². The van der Waals surface area contributed by atoms with E-state index in [0.717, 1.165) is 25.4 Å². The predicted octanol–water partition coefficient (Wildman–Crippen LogP) is 0.180. The molecule has 1 saturated heterocycles. The highest BCUT2D eigenvalue weighted by Crippen LogP contribution is 2.31. The number of nitrogens with zero attached hydrogens (tertiary/aromatic N) is 1. The Kier molecular flexibility index (Phi) is 2.86. The van der Waals surface area contributed by atoms with Gasteiger partial charge in [-0.3, -0.25) is 4.90 Å². The van der Waals surface area contributed by atoms with Gasteiger partial charge in [-0.15, -0.1) is 0 Å². The van der Waals surface area contributed by atoms with E-state index in [1.54, 1.807) is 0 Å². The summed E-state index contributed by atoms with van der Waals surface area (Å²) in [6, 6.07) is 1.17. The molecule has 1 heterocycles. The van der Waals surface area contributed by atoms with Crippen LogP contribution in [0, 0.1) is 5.92 Å². The number of aliphatic hydroxyl groups excluding tert-OH is 1. The molecule has 2 unspecified atom stereocenters. The first-order valence-electron chi connectivity index (χ1n) is 5.40. The Labute approximate surface area is 79.9 Å². The maximum Gasteiger partial charge on any atom is 0.0434 e. The molecule has 1 aliphatic heterocycles. The third-order valence-electron chi connectivity index (χ3n) is 3.20. The normalized spacial score (nSPS) is 36.5. The Morgan fingerprint density at radius 2 is 2.08 bits per heavy atom. The van der Waals surface area contributed by atoms with E-state index in [1.807, 2.05) is 0 Å². The van der Waals surface area contributed by atoms with Crippen molar-refractivity contribution in [3.05, 3.63) is 0 Å². The molecule has 1 saturated carbocycles. The van der Waals surface area contributed by atoms with Crippen LogP contribution in [0.25, 0.3) is 0 Å². The van der Waals surface area contributed by atoms with Crippen LogP contribution in [0.3, 0.4) is 0 Å². The number of nitrogens with two attached hydrogens (primary N) is 1. The number of hydrogen-bond donors (Lipinski definition) is 2. The fourth-order valence-electron chi connectivity index (χ4n) is 2.41. The molecule has 2 atom stereocenters. The second-order valence-corrected chi connectivity index (χ2v) is 4.56. The second kappa shape index (κ2) is 3.95. The number of rotatable bonds is 3. The van der Waals surface area contributed by atoms with Gasteiger partial charge in [0.25, 0.3) is 0 Å². The molecule has 0 bridgehead atoms. The average molecular weight is 184 g/mol. The lowest BCUT2D eigenvalue weighted by Gasteiger charge is -2.36.